The van der Waals surface area contributed by atoms with Gasteiger partial charge in [-0.15, -0.1) is 0 Å². The standard InChI is InChI=1S/C46H31N5O10/c1-46(2,29-7-15-32(16-8-29)48-42(54)36-21-5-27(24-38(36)44(48)56)40(52)23-26-3-13-34(14-4-26)50(58)59)30-9-17-33(18-10-30)49-43(55)37-22-6-28(25-39(37)45(49)57)41(53)47-31-11-19-35(20-12-31)51(60)61/h3-22,24-25H,23H2,1-2H3,(H,47,53). The molecule has 0 saturated heterocycles. The first-order chi connectivity index (χ1) is 29.1. The van der Waals surface area contributed by atoms with Crippen LogP contribution in [0, 0.1) is 20.2 Å². The molecule has 8 rings (SSSR count). The number of rotatable bonds is 11. The van der Waals surface area contributed by atoms with Crippen LogP contribution in [-0.2, 0) is 11.8 Å². The third kappa shape index (κ3) is 7.09. The number of fused-ring (bicyclic) bond motifs is 2. The lowest BCUT2D eigenvalue weighted by Gasteiger charge is -2.27. The zero-order valence-corrected chi connectivity index (χ0v) is 32.3. The van der Waals surface area contributed by atoms with E-state index >= 15 is 0 Å². The molecule has 0 radical (unpaired) electrons. The molecule has 1 N–H and O–H groups in total. The van der Waals surface area contributed by atoms with E-state index in [1.807, 2.05) is 13.8 Å². The summed E-state index contributed by atoms with van der Waals surface area (Å²) < 4.78 is 0. The summed E-state index contributed by atoms with van der Waals surface area (Å²) in [4.78, 5) is 103. The third-order valence-corrected chi connectivity index (χ3v) is 10.9. The van der Waals surface area contributed by atoms with E-state index in [1.165, 1.54) is 84.9 Å². The Bertz CT molecular complexity index is 2690. The maximum absolute atomic E-state index is 13.6. The van der Waals surface area contributed by atoms with Crippen LogP contribution in [0.15, 0.2) is 133 Å². The van der Waals surface area contributed by atoms with Gasteiger partial charge in [-0.2, -0.15) is 0 Å². The Labute approximate surface area is 346 Å². The Balaban J connectivity index is 0.941. The zero-order valence-electron chi connectivity index (χ0n) is 32.3. The monoisotopic (exact) mass is 813 g/mol. The largest absolute Gasteiger partial charge is 0.322 e. The lowest BCUT2D eigenvalue weighted by molar-refractivity contribution is -0.385. The van der Waals surface area contributed by atoms with Gasteiger partial charge in [-0.25, -0.2) is 9.80 Å². The number of hydrogen-bond donors (Lipinski definition) is 1. The summed E-state index contributed by atoms with van der Waals surface area (Å²) in [5.41, 5.74) is 3.11. The maximum Gasteiger partial charge on any atom is 0.269 e. The molecule has 2 aliphatic heterocycles. The van der Waals surface area contributed by atoms with E-state index in [0.29, 0.717) is 22.6 Å². The molecule has 0 aromatic heterocycles. The molecule has 2 aliphatic rings. The highest BCUT2D eigenvalue weighted by atomic mass is 16.6. The summed E-state index contributed by atoms with van der Waals surface area (Å²) >= 11 is 0. The molecule has 0 bridgehead atoms. The molecule has 0 fully saturated rings. The molecule has 0 spiro atoms. The van der Waals surface area contributed by atoms with E-state index in [0.717, 1.165) is 20.9 Å². The van der Waals surface area contributed by atoms with Crippen LogP contribution >= 0.6 is 0 Å². The number of Topliss-reactive ketones (excluding diaryl/α,β-unsaturated/α-hetero) is 1. The van der Waals surface area contributed by atoms with Crippen LogP contribution < -0.4 is 15.1 Å². The van der Waals surface area contributed by atoms with E-state index in [-0.39, 0.29) is 57.0 Å². The molecule has 0 atom stereocenters. The van der Waals surface area contributed by atoms with Crippen LogP contribution in [0.3, 0.4) is 0 Å². The van der Waals surface area contributed by atoms with Gasteiger partial charge in [0.1, 0.15) is 0 Å². The Hall–Kier alpha value is -8.46. The number of hydrogen-bond acceptors (Lipinski definition) is 10. The van der Waals surface area contributed by atoms with Gasteiger partial charge in [0.05, 0.1) is 43.5 Å². The fraction of sp³-hybridized carbons (Fsp3) is 0.0870. The highest BCUT2D eigenvalue weighted by molar-refractivity contribution is 6.35. The number of benzene rings is 6. The predicted molar refractivity (Wildman–Crippen MR) is 222 cm³/mol. The lowest BCUT2D eigenvalue weighted by atomic mass is 9.78. The minimum Gasteiger partial charge on any atom is -0.322 e. The first-order valence-corrected chi connectivity index (χ1v) is 18.7. The molecule has 61 heavy (non-hydrogen) atoms. The Morgan fingerprint density at radius 2 is 0.951 bits per heavy atom. The molecule has 15 heteroatoms. The highest BCUT2D eigenvalue weighted by Gasteiger charge is 2.39. The second-order valence-corrected chi connectivity index (χ2v) is 14.9. The molecule has 15 nitrogen and oxygen atoms in total. The smallest absolute Gasteiger partial charge is 0.269 e. The van der Waals surface area contributed by atoms with E-state index in [4.69, 9.17) is 0 Å². The SMILES string of the molecule is CC(C)(c1ccc(N2C(=O)c3ccc(C(=O)Cc4ccc([N+](=O)[O-])cc4)cc3C2=O)cc1)c1ccc(N2C(=O)c3ccc(C(=O)Nc4ccc([N+](=O)[O-])cc4)cc3C2=O)cc1. The van der Waals surface area contributed by atoms with Crippen molar-refractivity contribution in [1.29, 1.82) is 0 Å². The number of nitro benzene ring substituents is 2. The number of carbonyl (C=O) groups is 6. The van der Waals surface area contributed by atoms with Crippen molar-refractivity contribution in [3.05, 3.63) is 204 Å². The Morgan fingerprint density at radius 1 is 0.541 bits per heavy atom. The van der Waals surface area contributed by atoms with Crippen molar-refractivity contribution in [3.8, 4) is 0 Å². The van der Waals surface area contributed by atoms with Crippen molar-refractivity contribution in [2.24, 2.45) is 0 Å². The van der Waals surface area contributed by atoms with Crippen molar-refractivity contribution < 1.29 is 38.6 Å². The first kappa shape index (κ1) is 39.4. The molecular weight excluding hydrogens is 783 g/mol. The molecule has 2 heterocycles. The molecule has 0 aliphatic carbocycles. The normalized spacial score (nSPS) is 13.3. The fourth-order valence-corrected chi connectivity index (χ4v) is 7.38. The number of nitro groups is 2. The Kier molecular flexibility index (Phi) is 9.71. The van der Waals surface area contributed by atoms with Gasteiger partial charge < -0.3 is 5.32 Å². The summed E-state index contributed by atoms with van der Waals surface area (Å²) in [6, 6.07) is 33.2. The van der Waals surface area contributed by atoms with Gasteiger partial charge in [-0.1, -0.05) is 56.3 Å². The second-order valence-electron chi connectivity index (χ2n) is 14.9. The van der Waals surface area contributed by atoms with Crippen LogP contribution in [0.2, 0.25) is 0 Å². The molecule has 5 amide bonds. The van der Waals surface area contributed by atoms with Crippen molar-refractivity contribution in [3.63, 3.8) is 0 Å². The van der Waals surface area contributed by atoms with E-state index in [2.05, 4.69) is 5.32 Å². The van der Waals surface area contributed by atoms with Gasteiger partial charge in [0.25, 0.3) is 40.9 Å². The lowest BCUT2D eigenvalue weighted by Crippen LogP contribution is -2.30. The fourth-order valence-electron chi connectivity index (χ4n) is 7.38. The number of ketones is 1. The number of anilines is 3. The predicted octanol–water partition coefficient (Wildman–Crippen LogP) is 8.11. The number of imide groups is 2. The third-order valence-electron chi connectivity index (χ3n) is 10.9. The average molecular weight is 814 g/mol. The molecule has 0 saturated carbocycles. The molecule has 0 unspecified atom stereocenters. The van der Waals surface area contributed by atoms with Crippen LogP contribution in [-0.4, -0.2) is 45.2 Å². The first-order valence-electron chi connectivity index (χ1n) is 18.7. The van der Waals surface area contributed by atoms with Gasteiger partial charge >= 0.3 is 0 Å². The van der Waals surface area contributed by atoms with Gasteiger partial charge in [-0.3, -0.25) is 49.0 Å². The highest BCUT2D eigenvalue weighted by Crippen LogP contribution is 2.37. The number of nitrogens with zero attached hydrogens (tertiary/aromatic N) is 4. The summed E-state index contributed by atoms with van der Waals surface area (Å²) in [5.74, 6) is -3.16. The van der Waals surface area contributed by atoms with Crippen molar-refractivity contribution in [1.82, 2.24) is 0 Å². The topological polar surface area (TPSA) is 207 Å². The summed E-state index contributed by atoms with van der Waals surface area (Å²) in [5, 5.41) is 24.5. The van der Waals surface area contributed by atoms with Gasteiger partial charge in [0, 0.05) is 52.9 Å². The molecular formula is C46H31N5O10. The summed E-state index contributed by atoms with van der Waals surface area (Å²) in [6.07, 6.45) is -0.0516. The Morgan fingerprint density at radius 3 is 1.41 bits per heavy atom. The van der Waals surface area contributed by atoms with E-state index in [1.54, 1.807) is 48.5 Å². The van der Waals surface area contributed by atoms with Gasteiger partial charge in [0.15, 0.2) is 5.78 Å². The van der Waals surface area contributed by atoms with E-state index < -0.39 is 44.8 Å². The minimum atomic E-state index is -0.619. The number of carbonyl (C=O) groups excluding carboxylic acids is 6. The summed E-state index contributed by atoms with van der Waals surface area (Å²) in [7, 11) is 0. The zero-order chi connectivity index (χ0) is 43.3. The van der Waals surface area contributed by atoms with Crippen molar-refractivity contribution >= 4 is 63.8 Å². The summed E-state index contributed by atoms with van der Waals surface area (Å²) in [6.45, 7) is 3.94. The van der Waals surface area contributed by atoms with Crippen molar-refractivity contribution in [2.45, 2.75) is 25.7 Å². The molecule has 6 aromatic carbocycles. The minimum absolute atomic E-state index is 0.0516. The molecule has 300 valence electrons. The van der Waals surface area contributed by atoms with Crippen molar-refractivity contribution in [2.75, 3.05) is 15.1 Å². The molecule has 6 aromatic rings. The van der Waals surface area contributed by atoms with Crippen LogP contribution in [0.1, 0.15) is 92.7 Å². The van der Waals surface area contributed by atoms with Crippen LogP contribution in [0.4, 0.5) is 28.4 Å². The van der Waals surface area contributed by atoms with Gasteiger partial charge in [0.2, 0.25) is 0 Å². The van der Waals surface area contributed by atoms with E-state index in [9.17, 15) is 49.0 Å². The maximum atomic E-state index is 13.6. The number of amides is 5. The average Bonchev–Trinajstić information content (AvgIpc) is 3.66. The number of nitrogens with one attached hydrogen (secondary N) is 1. The second kappa shape index (κ2) is 15.0. The van der Waals surface area contributed by atoms with Crippen LogP contribution in [0.25, 0.3) is 0 Å². The quantitative estimate of drug-likeness (QED) is 0.0575. The van der Waals surface area contributed by atoms with Gasteiger partial charge in [-0.05, 0) is 83.4 Å². The van der Waals surface area contributed by atoms with Crippen LogP contribution in [0.5, 0.6) is 0 Å². The number of non-ortho nitro benzene ring substituents is 2.